The number of nitrogens with zero attached hydrogens (tertiary/aromatic N) is 2. The Morgan fingerprint density at radius 1 is 0.935 bits per heavy atom. The van der Waals surface area contributed by atoms with Crippen molar-refractivity contribution in [3.8, 4) is 0 Å². The van der Waals surface area contributed by atoms with Crippen molar-refractivity contribution in [2.75, 3.05) is 19.6 Å². The van der Waals surface area contributed by atoms with Gasteiger partial charge in [0.25, 0.3) is 0 Å². The average Bonchev–Trinajstić information content (AvgIpc) is 3.72. The quantitative estimate of drug-likeness (QED) is 0.140. The lowest BCUT2D eigenvalue weighted by Crippen LogP contribution is -2.59. The van der Waals surface area contributed by atoms with Crippen molar-refractivity contribution in [1.29, 1.82) is 0 Å². The smallest absolute Gasteiger partial charge is 0.326 e. The summed E-state index contributed by atoms with van der Waals surface area (Å²) in [6, 6.07) is 3.48. The molecule has 46 heavy (non-hydrogen) atoms. The minimum Gasteiger partial charge on any atom is -0.481 e. The van der Waals surface area contributed by atoms with Crippen molar-refractivity contribution >= 4 is 41.5 Å². The lowest BCUT2D eigenvalue weighted by molar-refractivity contribution is -0.148. The molecule has 2 fully saturated rings. The molecule has 2 heterocycles. The van der Waals surface area contributed by atoms with Gasteiger partial charge in [-0.05, 0) is 37.2 Å². The Morgan fingerprint density at radius 3 is 2.17 bits per heavy atom. The van der Waals surface area contributed by atoms with Gasteiger partial charge >= 0.3 is 11.9 Å². The Balaban J connectivity index is 1.62. The predicted octanol–water partition coefficient (Wildman–Crippen LogP) is -0.770. The maximum absolute atomic E-state index is 13.8. The number of hydrogen-bond donors (Lipinski definition) is 6. The van der Waals surface area contributed by atoms with Crippen LogP contribution < -0.4 is 21.7 Å². The van der Waals surface area contributed by atoms with Crippen LogP contribution in [-0.4, -0.2) is 111 Å². The van der Waals surface area contributed by atoms with Crippen LogP contribution in [0.3, 0.4) is 0 Å². The molecule has 0 spiro atoms. The van der Waals surface area contributed by atoms with Crippen LogP contribution in [0.2, 0.25) is 0 Å². The number of rotatable bonds is 15. The van der Waals surface area contributed by atoms with E-state index in [2.05, 4.69) is 16.0 Å². The molecule has 2 aliphatic rings. The van der Waals surface area contributed by atoms with Crippen molar-refractivity contribution in [1.82, 2.24) is 25.8 Å². The van der Waals surface area contributed by atoms with Crippen LogP contribution in [0.25, 0.3) is 0 Å². The van der Waals surface area contributed by atoms with Crippen molar-refractivity contribution in [2.24, 2.45) is 11.7 Å². The summed E-state index contributed by atoms with van der Waals surface area (Å²) in [5, 5.41) is 26.0. The number of amides is 5. The van der Waals surface area contributed by atoms with Gasteiger partial charge in [0, 0.05) is 19.5 Å². The summed E-state index contributed by atoms with van der Waals surface area (Å²) >= 11 is 0. The lowest BCUT2D eigenvalue weighted by atomic mass is 9.96. The highest BCUT2D eigenvalue weighted by Gasteiger charge is 2.44. The van der Waals surface area contributed by atoms with Gasteiger partial charge in [-0.3, -0.25) is 28.8 Å². The third-order valence-electron chi connectivity index (χ3n) is 8.51. The molecule has 0 aromatic heterocycles. The molecule has 0 unspecified atom stereocenters. The number of carboxylic acids is 2. The zero-order valence-electron chi connectivity index (χ0n) is 26.1. The summed E-state index contributed by atoms with van der Waals surface area (Å²) in [7, 11) is 0. The minimum atomic E-state index is -1.35. The zero-order chi connectivity index (χ0) is 34.0. The monoisotopic (exact) mass is 644 g/mol. The SMILES string of the molecule is CC[C@H](C)[C@H](NC(=O)[C@@H](N)CC(=O)O)C(=O)N1CCC[C@H]1C(=O)N1CCC[C@H]1C(=O)NCC(=O)N[C@@H](Cc1ccccc1)C(=O)O. The van der Waals surface area contributed by atoms with Gasteiger partial charge in [-0.15, -0.1) is 0 Å². The van der Waals surface area contributed by atoms with E-state index in [0.29, 0.717) is 32.1 Å². The number of likely N-dealkylation sites (tertiary alicyclic amines) is 2. The highest BCUT2D eigenvalue weighted by atomic mass is 16.4. The average molecular weight is 645 g/mol. The standard InChI is InChI=1S/C31H44N6O9/c1-3-18(2)26(35-27(41)20(32)16-25(39)40)30(44)37-14-8-12-23(37)29(43)36-13-7-11-22(36)28(42)33-17-24(38)34-21(31(45)46)15-19-9-5-4-6-10-19/h4-6,9-10,18,20-23,26H,3,7-8,11-17,32H2,1-2H3,(H,33,42)(H,34,38)(H,35,41)(H,39,40)(H,45,46)/t18-,20-,21-,22-,23-,26-/m0/s1. The zero-order valence-corrected chi connectivity index (χ0v) is 26.1. The fourth-order valence-corrected chi connectivity index (χ4v) is 5.77. The van der Waals surface area contributed by atoms with Gasteiger partial charge in [0.1, 0.15) is 24.2 Å². The van der Waals surface area contributed by atoms with Crippen LogP contribution in [-0.2, 0) is 40.0 Å². The second kappa shape index (κ2) is 16.7. The van der Waals surface area contributed by atoms with Gasteiger partial charge in [-0.25, -0.2) is 4.79 Å². The molecule has 2 saturated heterocycles. The van der Waals surface area contributed by atoms with E-state index in [-0.39, 0.29) is 25.4 Å². The molecular formula is C31H44N6O9. The van der Waals surface area contributed by atoms with Crippen LogP contribution in [0.4, 0.5) is 0 Å². The summed E-state index contributed by atoms with van der Waals surface area (Å²) in [5.74, 6) is -5.75. The Kier molecular flexibility index (Phi) is 13.0. The highest BCUT2D eigenvalue weighted by molar-refractivity contribution is 5.96. The second-order valence-corrected chi connectivity index (χ2v) is 11.8. The fraction of sp³-hybridized carbons (Fsp3) is 0.581. The lowest BCUT2D eigenvalue weighted by Gasteiger charge is -2.34. The molecule has 0 saturated carbocycles. The molecule has 2 aliphatic heterocycles. The van der Waals surface area contributed by atoms with Crippen LogP contribution in [0.15, 0.2) is 30.3 Å². The first-order valence-electron chi connectivity index (χ1n) is 15.6. The van der Waals surface area contributed by atoms with E-state index in [1.807, 2.05) is 6.92 Å². The Morgan fingerprint density at radius 2 is 1.57 bits per heavy atom. The second-order valence-electron chi connectivity index (χ2n) is 11.8. The van der Waals surface area contributed by atoms with E-state index < -0.39 is 84.6 Å². The van der Waals surface area contributed by atoms with Crippen molar-refractivity contribution in [3.63, 3.8) is 0 Å². The summed E-state index contributed by atoms with van der Waals surface area (Å²) in [6.07, 6.45) is 1.73. The topological polar surface area (TPSA) is 229 Å². The Labute approximate surface area is 267 Å². The first kappa shape index (κ1) is 35.9. The number of hydrogen-bond acceptors (Lipinski definition) is 8. The highest BCUT2D eigenvalue weighted by Crippen LogP contribution is 2.26. The van der Waals surface area contributed by atoms with Crippen molar-refractivity contribution in [2.45, 2.75) is 89.0 Å². The number of benzene rings is 1. The minimum absolute atomic E-state index is 0.0636. The van der Waals surface area contributed by atoms with Gasteiger partial charge in [-0.2, -0.15) is 0 Å². The molecule has 5 amide bonds. The van der Waals surface area contributed by atoms with Gasteiger partial charge < -0.3 is 41.7 Å². The fourth-order valence-electron chi connectivity index (χ4n) is 5.77. The molecule has 15 nitrogen and oxygen atoms in total. The van der Waals surface area contributed by atoms with Gasteiger partial charge in [0.2, 0.25) is 29.5 Å². The number of carbonyl (C=O) groups is 7. The largest absolute Gasteiger partial charge is 0.481 e. The van der Waals surface area contributed by atoms with Gasteiger partial charge in [0.15, 0.2) is 0 Å². The van der Waals surface area contributed by atoms with Crippen molar-refractivity contribution < 1.29 is 43.8 Å². The summed E-state index contributed by atoms with van der Waals surface area (Å²) < 4.78 is 0. The number of nitrogens with one attached hydrogen (secondary N) is 3. The molecule has 1 aromatic carbocycles. The molecular weight excluding hydrogens is 600 g/mol. The van der Waals surface area contributed by atoms with E-state index >= 15 is 0 Å². The Bertz CT molecular complexity index is 1290. The third kappa shape index (κ3) is 9.49. The van der Waals surface area contributed by atoms with Gasteiger partial charge in [-0.1, -0.05) is 50.6 Å². The molecule has 0 radical (unpaired) electrons. The summed E-state index contributed by atoms with van der Waals surface area (Å²) in [6.45, 7) is 3.65. The third-order valence-corrected chi connectivity index (χ3v) is 8.51. The van der Waals surface area contributed by atoms with E-state index in [1.165, 1.54) is 9.80 Å². The molecule has 6 atom stereocenters. The predicted molar refractivity (Wildman–Crippen MR) is 164 cm³/mol. The first-order valence-corrected chi connectivity index (χ1v) is 15.6. The van der Waals surface area contributed by atoms with E-state index in [4.69, 9.17) is 10.8 Å². The Hall–Kier alpha value is -4.53. The van der Waals surface area contributed by atoms with Crippen LogP contribution >= 0.6 is 0 Å². The molecule has 3 rings (SSSR count). The molecule has 15 heteroatoms. The number of nitrogens with two attached hydrogens (primary N) is 1. The maximum atomic E-state index is 13.8. The summed E-state index contributed by atoms with van der Waals surface area (Å²) in [4.78, 5) is 91.3. The summed E-state index contributed by atoms with van der Waals surface area (Å²) in [5.41, 5.74) is 6.43. The number of carboxylic acid groups (broad SMARTS) is 2. The molecule has 0 aliphatic carbocycles. The van der Waals surface area contributed by atoms with E-state index in [9.17, 15) is 38.7 Å². The molecule has 252 valence electrons. The van der Waals surface area contributed by atoms with Crippen LogP contribution in [0, 0.1) is 5.92 Å². The molecule has 0 bridgehead atoms. The van der Waals surface area contributed by atoms with Gasteiger partial charge in [0.05, 0.1) is 19.0 Å². The number of carbonyl (C=O) groups excluding carboxylic acids is 5. The van der Waals surface area contributed by atoms with Crippen LogP contribution in [0.1, 0.15) is 57.9 Å². The van der Waals surface area contributed by atoms with Crippen LogP contribution in [0.5, 0.6) is 0 Å². The first-order chi connectivity index (χ1) is 21.8. The normalized spacial score (nSPS) is 20.2. The van der Waals surface area contributed by atoms with E-state index in [0.717, 1.165) is 5.56 Å². The maximum Gasteiger partial charge on any atom is 0.326 e. The van der Waals surface area contributed by atoms with E-state index in [1.54, 1.807) is 37.3 Å². The molecule has 1 aromatic rings. The molecule has 7 N–H and O–H groups in total. The number of aliphatic carboxylic acids is 2. The van der Waals surface area contributed by atoms with Crippen molar-refractivity contribution in [3.05, 3.63) is 35.9 Å².